The van der Waals surface area contributed by atoms with Crippen LogP contribution in [0.4, 0.5) is 0 Å². The molecule has 0 spiro atoms. The molecule has 6 atom stereocenters. The molecular weight excluding hydrogens is 432 g/mol. The van der Waals surface area contributed by atoms with E-state index < -0.39 is 41.2 Å². The highest BCUT2D eigenvalue weighted by atomic mass is 35.5. The second kappa shape index (κ2) is 3.69. The number of carboxylic acid groups (broad SMARTS) is 2. The Labute approximate surface area is 152 Å². The number of carboxylic acids is 2. The predicted molar refractivity (Wildman–Crippen MR) is 80.7 cm³/mol. The molecule has 0 radical (unpaired) electrons. The number of allylic oxidation sites excluding steroid dienone is 2. The average Bonchev–Trinajstić information content (AvgIpc) is 2.39. The summed E-state index contributed by atoms with van der Waals surface area (Å²) in [7, 11) is 0. The maximum absolute atomic E-state index is 11.6. The van der Waals surface area contributed by atoms with Gasteiger partial charge in [-0.1, -0.05) is 11.6 Å². The fourth-order valence-electron chi connectivity index (χ4n) is 3.69. The van der Waals surface area contributed by atoms with Crippen molar-refractivity contribution in [2.45, 2.75) is 29.2 Å². The van der Waals surface area contributed by atoms with E-state index in [1.165, 1.54) is 0 Å². The molecule has 0 aromatic carbocycles. The first kappa shape index (κ1) is 16.6. The normalized spacial score (nSPS) is 60.4. The summed E-state index contributed by atoms with van der Waals surface area (Å²) in [6.45, 7) is 0. The van der Waals surface area contributed by atoms with Gasteiger partial charge in [0.1, 0.15) is 19.5 Å². The number of halogens is 7. The minimum absolute atomic E-state index is 0.313. The zero-order valence-corrected chi connectivity index (χ0v) is 14.7. The van der Waals surface area contributed by atoms with Crippen LogP contribution in [0.5, 0.6) is 0 Å². The minimum atomic E-state index is -2.42. The second-order valence-electron chi connectivity index (χ2n) is 5.11. The third-order valence-electron chi connectivity index (χ3n) is 4.62. The van der Waals surface area contributed by atoms with Gasteiger partial charge in [-0.15, -0.1) is 69.6 Å². The first-order valence-corrected chi connectivity index (χ1v) is 7.90. The number of aliphatic carboxylic acids is 2. The van der Waals surface area contributed by atoms with Crippen LogP contribution in [0.2, 0.25) is 0 Å². The van der Waals surface area contributed by atoms with Gasteiger partial charge in [-0.25, -0.2) is 0 Å². The lowest BCUT2D eigenvalue weighted by Gasteiger charge is -2.87. The van der Waals surface area contributed by atoms with Crippen LogP contribution in [0.3, 0.4) is 0 Å². The molecule has 0 saturated heterocycles. The maximum Gasteiger partial charge on any atom is 0.329 e. The van der Waals surface area contributed by atoms with Gasteiger partial charge in [0.15, 0.2) is 9.75 Å². The highest BCUT2D eigenvalue weighted by Gasteiger charge is 3.12. The SMILES string of the molecule is O=C(O)[C@@]1(Cl)[C@@]2(Cl)C(Cl)=C[C@@]3(Cl)[C@@](Cl)(C(=O)O)[C@@]2(Cl)[C@]31Cl. The summed E-state index contributed by atoms with van der Waals surface area (Å²) < 4.78 is 0. The summed E-state index contributed by atoms with van der Waals surface area (Å²) >= 11 is 43.3. The van der Waals surface area contributed by atoms with E-state index in [4.69, 9.17) is 81.2 Å². The van der Waals surface area contributed by atoms with Crippen molar-refractivity contribution in [3.8, 4) is 0 Å². The van der Waals surface area contributed by atoms with Gasteiger partial charge < -0.3 is 10.2 Å². The van der Waals surface area contributed by atoms with Gasteiger partial charge in [0.2, 0.25) is 0 Å². The number of hydrogen-bond donors (Lipinski definition) is 2. The maximum atomic E-state index is 11.6. The monoisotopic (exact) mass is 432 g/mol. The van der Waals surface area contributed by atoms with E-state index >= 15 is 0 Å². The topological polar surface area (TPSA) is 74.6 Å². The fourth-order valence-corrected chi connectivity index (χ4v) is 8.43. The van der Waals surface area contributed by atoms with E-state index in [2.05, 4.69) is 0 Å². The molecule has 0 aromatic heterocycles. The van der Waals surface area contributed by atoms with Gasteiger partial charge >= 0.3 is 11.9 Å². The Morgan fingerprint density at radius 2 is 1.29 bits per heavy atom. The molecule has 0 unspecified atom stereocenters. The quantitative estimate of drug-likeness (QED) is 0.654. The molecule has 116 valence electrons. The van der Waals surface area contributed by atoms with Crippen molar-refractivity contribution in [1.29, 1.82) is 0 Å². The van der Waals surface area contributed by atoms with E-state index in [-0.39, 0.29) is 5.03 Å². The first-order chi connectivity index (χ1) is 9.26. The van der Waals surface area contributed by atoms with E-state index in [0.717, 1.165) is 6.08 Å². The molecule has 4 nitrogen and oxygen atoms in total. The van der Waals surface area contributed by atoms with E-state index in [1.54, 1.807) is 0 Å². The van der Waals surface area contributed by atoms with Crippen molar-refractivity contribution >= 4 is 93.1 Å². The Kier molecular flexibility index (Phi) is 2.91. The molecule has 0 amide bonds. The molecule has 4 rings (SSSR count). The fraction of sp³-hybridized carbons (Fsp3) is 0.600. The zero-order chi connectivity index (χ0) is 16.4. The van der Waals surface area contributed by atoms with Crippen LogP contribution in [0, 0.1) is 0 Å². The first-order valence-electron chi connectivity index (χ1n) is 5.26. The largest absolute Gasteiger partial charge is 0.480 e. The lowest BCUT2D eigenvalue weighted by Crippen LogP contribution is -3.11. The molecule has 2 fully saturated rings. The van der Waals surface area contributed by atoms with Crippen molar-refractivity contribution in [3.05, 3.63) is 11.1 Å². The zero-order valence-electron chi connectivity index (χ0n) is 9.43. The smallest absolute Gasteiger partial charge is 0.329 e. The molecule has 4 aliphatic rings. The van der Waals surface area contributed by atoms with Crippen LogP contribution in [0.1, 0.15) is 0 Å². The molecule has 0 aliphatic heterocycles. The van der Waals surface area contributed by atoms with Gasteiger partial charge in [-0.3, -0.25) is 9.59 Å². The van der Waals surface area contributed by atoms with Crippen molar-refractivity contribution in [3.63, 3.8) is 0 Å². The summed E-state index contributed by atoms with van der Waals surface area (Å²) in [4.78, 5) is 9.69. The summed E-state index contributed by atoms with van der Waals surface area (Å²) in [5, 5.41) is 18.5. The molecule has 4 bridgehead atoms. The Morgan fingerprint density at radius 3 is 1.67 bits per heavy atom. The molecule has 2 saturated carbocycles. The molecule has 11 heteroatoms. The molecule has 21 heavy (non-hydrogen) atoms. The summed E-state index contributed by atoms with van der Waals surface area (Å²) in [6, 6.07) is 0. The lowest BCUT2D eigenvalue weighted by atomic mass is 9.31. The minimum Gasteiger partial charge on any atom is -0.480 e. The van der Waals surface area contributed by atoms with Crippen LogP contribution in [0.25, 0.3) is 0 Å². The van der Waals surface area contributed by atoms with Crippen molar-refractivity contribution in [2.75, 3.05) is 0 Å². The molecule has 0 aromatic rings. The van der Waals surface area contributed by atoms with Gasteiger partial charge in [0.05, 0.1) is 0 Å². The Hall–Kier alpha value is 0.710. The molecule has 0 heterocycles. The van der Waals surface area contributed by atoms with Crippen LogP contribution in [0.15, 0.2) is 11.1 Å². The van der Waals surface area contributed by atoms with Crippen molar-refractivity contribution in [1.82, 2.24) is 0 Å². The Balaban J connectivity index is 2.44. The van der Waals surface area contributed by atoms with Crippen molar-refractivity contribution in [2.24, 2.45) is 0 Å². The number of hydrogen-bond acceptors (Lipinski definition) is 2. The van der Waals surface area contributed by atoms with Crippen LogP contribution in [-0.4, -0.2) is 51.4 Å². The Morgan fingerprint density at radius 1 is 0.857 bits per heavy atom. The predicted octanol–water partition coefficient (Wildman–Crippen LogP) is 3.18. The van der Waals surface area contributed by atoms with Crippen LogP contribution < -0.4 is 0 Å². The van der Waals surface area contributed by atoms with Crippen LogP contribution in [-0.2, 0) is 9.59 Å². The Bertz CT molecular complexity index is 668. The summed E-state index contributed by atoms with van der Waals surface area (Å²) in [5.41, 5.74) is 0. The number of rotatable bonds is 2. The van der Waals surface area contributed by atoms with Crippen molar-refractivity contribution < 1.29 is 19.8 Å². The van der Waals surface area contributed by atoms with E-state index in [0.29, 0.717) is 0 Å². The van der Waals surface area contributed by atoms with E-state index in [9.17, 15) is 19.8 Å². The third kappa shape index (κ3) is 0.964. The van der Waals surface area contributed by atoms with Gasteiger partial charge in [-0.05, 0) is 6.08 Å². The van der Waals surface area contributed by atoms with E-state index in [1.807, 2.05) is 0 Å². The van der Waals surface area contributed by atoms with Gasteiger partial charge in [0.25, 0.3) is 0 Å². The standard InChI is InChI=1S/C10H3Cl7O4/c11-2-1-5(12)7(14,3(18)19)10(17)6(2,13)8(15,4(20)21)9(5,10)16/h1H,(H,18,19)(H,20,21)/t5-,6+,7+,8-,9+,10-/m1/s1. The highest BCUT2D eigenvalue weighted by Crippen LogP contribution is 2.92. The summed E-state index contributed by atoms with van der Waals surface area (Å²) in [6.07, 6.45) is 1.00. The lowest BCUT2D eigenvalue weighted by molar-refractivity contribution is -0.172. The molecular formula is C10H3Cl7O4. The van der Waals surface area contributed by atoms with Gasteiger partial charge in [-0.2, -0.15) is 0 Å². The van der Waals surface area contributed by atoms with Gasteiger partial charge in [0, 0.05) is 5.03 Å². The summed E-state index contributed by atoms with van der Waals surface area (Å²) in [5.74, 6) is -3.24. The van der Waals surface area contributed by atoms with Crippen LogP contribution >= 0.6 is 81.2 Å². The molecule has 2 N–H and O–H groups in total. The third-order valence-corrected chi connectivity index (χ3v) is 10.4. The number of alkyl halides is 6. The molecule has 4 aliphatic carbocycles. The average molecular weight is 435 g/mol. The second-order valence-corrected chi connectivity index (χ2v) is 8.94. The highest BCUT2D eigenvalue weighted by molar-refractivity contribution is 6.70. The number of carbonyl (C=O) groups is 2.